The highest BCUT2D eigenvalue weighted by atomic mass is 16.5. The smallest absolute Gasteiger partial charge is 0.234 e. The second-order valence-corrected chi connectivity index (χ2v) is 7.04. The number of carbonyl (C=O) groups excluding carboxylic acids is 1. The number of hydrogen-bond acceptors (Lipinski definition) is 4. The number of nitrogens with zero attached hydrogens (tertiary/aromatic N) is 1. The Morgan fingerprint density at radius 2 is 2.29 bits per heavy atom. The Morgan fingerprint density at radius 3 is 3.08 bits per heavy atom. The maximum Gasteiger partial charge on any atom is 0.234 e. The van der Waals surface area contributed by atoms with Gasteiger partial charge in [0.2, 0.25) is 5.91 Å². The zero-order valence-electron chi connectivity index (χ0n) is 14.4. The molecule has 0 aliphatic carbocycles. The van der Waals surface area contributed by atoms with E-state index in [1.807, 2.05) is 12.1 Å². The van der Waals surface area contributed by atoms with Gasteiger partial charge in [0.1, 0.15) is 0 Å². The van der Waals surface area contributed by atoms with Gasteiger partial charge in [-0.1, -0.05) is 29.8 Å². The number of amides is 1. The monoisotopic (exact) mass is 332 g/mol. The lowest BCUT2D eigenvalue weighted by Crippen LogP contribution is -2.48. The molecule has 2 saturated heterocycles. The summed E-state index contributed by atoms with van der Waals surface area (Å²) in [5, 5.41) is 13.3. The molecule has 1 amide bonds. The van der Waals surface area contributed by atoms with Crippen LogP contribution in [0.1, 0.15) is 30.4 Å². The molecule has 0 radical (unpaired) electrons. The van der Waals surface area contributed by atoms with Crippen molar-refractivity contribution in [2.24, 2.45) is 5.92 Å². The summed E-state index contributed by atoms with van der Waals surface area (Å²) in [4.78, 5) is 14.5. The highest BCUT2D eigenvalue weighted by Gasteiger charge is 2.37. The number of aryl methyl sites for hydroxylation is 1. The van der Waals surface area contributed by atoms with Crippen molar-refractivity contribution in [3.8, 4) is 0 Å². The molecule has 0 bridgehead atoms. The predicted octanol–water partition coefficient (Wildman–Crippen LogP) is 1.47. The molecule has 2 fully saturated rings. The third-order valence-corrected chi connectivity index (χ3v) is 5.19. The van der Waals surface area contributed by atoms with E-state index in [2.05, 4.69) is 29.3 Å². The summed E-state index contributed by atoms with van der Waals surface area (Å²) >= 11 is 0. The van der Waals surface area contributed by atoms with Crippen LogP contribution in [0.15, 0.2) is 24.3 Å². The lowest BCUT2D eigenvalue weighted by molar-refractivity contribution is -0.124. The molecule has 2 aliphatic rings. The molecular weight excluding hydrogens is 304 g/mol. The van der Waals surface area contributed by atoms with E-state index in [1.54, 1.807) is 0 Å². The van der Waals surface area contributed by atoms with Crippen LogP contribution in [0.25, 0.3) is 0 Å². The molecule has 2 aliphatic heterocycles. The summed E-state index contributed by atoms with van der Waals surface area (Å²) in [5.41, 5.74) is 2.32. The highest BCUT2D eigenvalue weighted by molar-refractivity contribution is 5.78. The van der Waals surface area contributed by atoms with Crippen molar-refractivity contribution in [2.75, 3.05) is 26.3 Å². The minimum atomic E-state index is -0.306. The van der Waals surface area contributed by atoms with Crippen LogP contribution in [0, 0.1) is 12.8 Å². The molecule has 0 spiro atoms. The zero-order valence-corrected chi connectivity index (χ0v) is 14.4. The van der Waals surface area contributed by atoms with E-state index in [1.165, 1.54) is 5.56 Å². The predicted molar refractivity (Wildman–Crippen MR) is 92.6 cm³/mol. The number of aliphatic hydroxyl groups excluding tert-OH is 1. The number of rotatable bonds is 5. The first-order valence-corrected chi connectivity index (χ1v) is 8.95. The summed E-state index contributed by atoms with van der Waals surface area (Å²) in [6.45, 7) is 5.19. The molecule has 0 aromatic heterocycles. The Balaban J connectivity index is 1.51. The number of carbonyl (C=O) groups is 1. The van der Waals surface area contributed by atoms with Gasteiger partial charge in [0.05, 0.1) is 19.3 Å². The number of aliphatic hydroxyl groups is 1. The summed E-state index contributed by atoms with van der Waals surface area (Å²) in [5.74, 6) is 0.181. The largest absolute Gasteiger partial charge is 0.393 e. The fourth-order valence-corrected chi connectivity index (χ4v) is 3.91. The lowest BCUT2D eigenvalue weighted by Gasteiger charge is -2.36. The van der Waals surface area contributed by atoms with Crippen molar-refractivity contribution in [3.05, 3.63) is 35.4 Å². The second kappa shape index (κ2) is 8.10. The first kappa shape index (κ1) is 17.4. The number of hydrogen-bond donors (Lipinski definition) is 2. The van der Waals surface area contributed by atoms with Crippen LogP contribution in [-0.4, -0.2) is 54.4 Å². The Kier molecular flexibility index (Phi) is 5.87. The Labute approximate surface area is 144 Å². The van der Waals surface area contributed by atoms with Gasteiger partial charge in [-0.15, -0.1) is 0 Å². The molecule has 1 aromatic rings. The molecule has 2 N–H and O–H groups in total. The van der Waals surface area contributed by atoms with Crippen molar-refractivity contribution in [2.45, 2.75) is 44.9 Å². The molecule has 3 atom stereocenters. The van der Waals surface area contributed by atoms with Gasteiger partial charge in [-0.05, 0) is 38.3 Å². The van der Waals surface area contributed by atoms with E-state index in [0.717, 1.165) is 24.9 Å². The SMILES string of the molecule is Cc1cccc(CNC(=O)CN2CCCC2C2COCCC2O)c1. The molecule has 132 valence electrons. The molecule has 1 aromatic carbocycles. The van der Waals surface area contributed by atoms with E-state index in [-0.39, 0.29) is 24.0 Å². The minimum Gasteiger partial charge on any atom is -0.393 e. The second-order valence-electron chi connectivity index (χ2n) is 7.04. The van der Waals surface area contributed by atoms with Crippen LogP contribution in [-0.2, 0) is 16.1 Å². The van der Waals surface area contributed by atoms with E-state index in [4.69, 9.17) is 4.74 Å². The third kappa shape index (κ3) is 4.35. The molecule has 0 saturated carbocycles. The average Bonchev–Trinajstić information content (AvgIpc) is 3.01. The van der Waals surface area contributed by atoms with Crippen molar-refractivity contribution in [1.82, 2.24) is 10.2 Å². The summed E-state index contributed by atoms with van der Waals surface area (Å²) in [6.07, 6.45) is 2.52. The van der Waals surface area contributed by atoms with E-state index < -0.39 is 0 Å². The molecule has 3 rings (SSSR count). The van der Waals surface area contributed by atoms with Crippen LogP contribution in [0.5, 0.6) is 0 Å². The van der Waals surface area contributed by atoms with E-state index >= 15 is 0 Å². The van der Waals surface area contributed by atoms with Crippen LogP contribution in [0.3, 0.4) is 0 Å². The van der Waals surface area contributed by atoms with Crippen molar-refractivity contribution in [1.29, 1.82) is 0 Å². The quantitative estimate of drug-likeness (QED) is 0.857. The Morgan fingerprint density at radius 1 is 1.42 bits per heavy atom. The molecule has 5 heteroatoms. The topological polar surface area (TPSA) is 61.8 Å². The zero-order chi connectivity index (χ0) is 16.9. The van der Waals surface area contributed by atoms with Gasteiger partial charge in [0, 0.05) is 25.1 Å². The molecule has 3 unspecified atom stereocenters. The fourth-order valence-electron chi connectivity index (χ4n) is 3.91. The summed E-state index contributed by atoms with van der Waals surface area (Å²) in [7, 11) is 0. The van der Waals surface area contributed by atoms with Gasteiger partial charge in [-0.25, -0.2) is 0 Å². The summed E-state index contributed by atoms with van der Waals surface area (Å²) < 4.78 is 5.55. The Bertz CT molecular complexity index is 563. The van der Waals surface area contributed by atoms with Gasteiger partial charge in [0.25, 0.3) is 0 Å². The average molecular weight is 332 g/mol. The normalized spacial score (nSPS) is 28.0. The van der Waals surface area contributed by atoms with E-state index in [0.29, 0.717) is 32.7 Å². The lowest BCUT2D eigenvalue weighted by atomic mass is 9.89. The van der Waals surface area contributed by atoms with Gasteiger partial charge in [-0.2, -0.15) is 0 Å². The maximum absolute atomic E-state index is 12.3. The van der Waals surface area contributed by atoms with Gasteiger partial charge in [-0.3, -0.25) is 9.69 Å². The molecule has 2 heterocycles. The van der Waals surface area contributed by atoms with E-state index in [9.17, 15) is 9.90 Å². The molecular formula is C19H28N2O3. The van der Waals surface area contributed by atoms with Crippen molar-refractivity contribution in [3.63, 3.8) is 0 Å². The first-order valence-electron chi connectivity index (χ1n) is 8.95. The number of likely N-dealkylation sites (tertiary alicyclic amines) is 1. The molecule has 24 heavy (non-hydrogen) atoms. The van der Waals surface area contributed by atoms with Gasteiger partial charge < -0.3 is 15.2 Å². The third-order valence-electron chi connectivity index (χ3n) is 5.19. The maximum atomic E-state index is 12.3. The number of nitrogens with one attached hydrogen (secondary N) is 1. The number of ether oxygens (including phenoxy) is 1. The summed E-state index contributed by atoms with van der Waals surface area (Å²) in [6, 6.07) is 8.44. The van der Waals surface area contributed by atoms with Crippen LogP contribution in [0.4, 0.5) is 0 Å². The van der Waals surface area contributed by atoms with Crippen molar-refractivity contribution >= 4 is 5.91 Å². The molecule has 5 nitrogen and oxygen atoms in total. The van der Waals surface area contributed by atoms with Crippen molar-refractivity contribution < 1.29 is 14.6 Å². The Hall–Kier alpha value is -1.43. The fraction of sp³-hybridized carbons (Fsp3) is 0.632. The highest BCUT2D eigenvalue weighted by Crippen LogP contribution is 2.29. The first-order chi connectivity index (χ1) is 11.6. The van der Waals surface area contributed by atoms with Crippen LogP contribution in [0.2, 0.25) is 0 Å². The number of benzene rings is 1. The van der Waals surface area contributed by atoms with Gasteiger partial charge in [0.15, 0.2) is 0 Å². The van der Waals surface area contributed by atoms with Crippen LogP contribution < -0.4 is 5.32 Å². The minimum absolute atomic E-state index is 0.0506. The van der Waals surface area contributed by atoms with Crippen LogP contribution >= 0.6 is 0 Å². The standard InChI is InChI=1S/C19H28N2O3/c1-14-4-2-5-15(10-14)11-20-19(23)12-21-8-3-6-17(21)16-13-24-9-7-18(16)22/h2,4-5,10,16-18,22H,3,6-9,11-13H2,1H3,(H,20,23). The van der Waals surface area contributed by atoms with Gasteiger partial charge >= 0.3 is 0 Å².